The number of aromatic nitrogens is 2. The first kappa shape index (κ1) is 20.5. The number of carbonyl (C=O) groups is 2. The van der Waals surface area contributed by atoms with Gasteiger partial charge in [-0.15, -0.1) is 11.3 Å². The Kier molecular flexibility index (Phi) is 5.64. The third-order valence-corrected chi connectivity index (χ3v) is 6.04. The highest BCUT2D eigenvalue weighted by Gasteiger charge is 2.21. The highest BCUT2D eigenvalue weighted by Crippen LogP contribution is 2.35. The number of thiophene rings is 1. The Bertz CT molecular complexity index is 1280. The fourth-order valence-electron chi connectivity index (χ4n) is 3.17. The lowest BCUT2D eigenvalue weighted by Crippen LogP contribution is -2.05. The molecule has 0 aliphatic carbocycles. The molecule has 7 nitrogen and oxygen atoms in total. The Balaban J connectivity index is 1.65. The number of carbonyl (C=O) groups excluding carboxylic acids is 1. The summed E-state index contributed by atoms with van der Waals surface area (Å²) in [5.74, 6) is -0.920. The summed E-state index contributed by atoms with van der Waals surface area (Å²) < 4.78 is 5.48. The maximum atomic E-state index is 12.7. The minimum atomic E-state index is -1.01. The Morgan fingerprint density at radius 1 is 1.10 bits per heavy atom. The molecular weight excluding hydrogens is 414 g/mol. The van der Waals surface area contributed by atoms with Crippen LogP contribution in [0.25, 0.3) is 10.2 Å². The highest BCUT2D eigenvalue weighted by atomic mass is 32.1. The van der Waals surface area contributed by atoms with Crippen LogP contribution in [0.4, 0.5) is 11.5 Å². The molecule has 2 aromatic heterocycles. The Morgan fingerprint density at radius 3 is 2.61 bits per heavy atom. The molecule has 0 radical (unpaired) electrons. The van der Waals surface area contributed by atoms with Crippen LogP contribution in [0.15, 0.2) is 54.9 Å². The number of nitrogens with zero attached hydrogens (tertiary/aromatic N) is 2. The second-order valence-corrected chi connectivity index (χ2v) is 7.98. The fourth-order valence-corrected chi connectivity index (χ4v) is 4.21. The lowest BCUT2D eigenvalue weighted by atomic mass is 10.1. The van der Waals surface area contributed by atoms with Gasteiger partial charge in [-0.1, -0.05) is 36.4 Å². The van der Waals surface area contributed by atoms with Gasteiger partial charge >= 0.3 is 11.9 Å². The Labute approximate surface area is 182 Å². The second-order valence-electron chi connectivity index (χ2n) is 6.98. The van der Waals surface area contributed by atoms with Gasteiger partial charge in [0.05, 0.1) is 10.9 Å². The van der Waals surface area contributed by atoms with Crippen molar-refractivity contribution in [3.8, 4) is 0 Å². The van der Waals surface area contributed by atoms with Crippen LogP contribution in [-0.4, -0.2) is 27.0 Å². The van der Waals surface area contributed by atoms with Crippen LogP contribution in [0, 0.1) is 13.8 Å². The van der Waals surface area contributed by atoms with Crippen LogP contribution in [0.1, 0.15) is 36.7 Å². The number of hydrogen-bond donors (Lipinski definition) is 2. The molecule has 0 amide bonds. The zero-order valence-electron chi connectivity index (χ0n) is 16.9. The summed E-state index contributed by atoms with van der Waals surface area (Å²) in [6.45, 7) is 3.89. The number of benzene rings is 2. The van der Waals surface area contributed by atoms with Gasteiger partial charge in [-0.2, -0.15) is 0 Å². The monoisotopic (exact) mass is 433 g/mol. The molecule has 4 aromatic rings. The van der Waals surface area contributed by atoms with E-state index in [-0.39, 0.29) is 12.2 Å². The second kappa shape index (κ2) is 8.53. The minimum absolute atomic E-state index is 0.172. The average molecular weight is 433 g/mol. The predicted molar refractivity (Wildman–Crippen MR) is 119 cm³/mol. The van der Waals surface area contributed by atoms with Crippen molar-refractivity contribution < 1.29 is 19.4 Å². The van der Waals surface area contributed by atoms with Crippen molar-refractivity contribution in [3.05, 3.63) is 82.0 Å². The molecule has 0 unspecified atom stereocenters. The Hall–Kier alpha value is -3.78. The SMILES string of the molecule is Cc1ccc(C(=O)O)cc1Nc1ncnc2sc(C(=O)OCc3ccccc3)c(C)c12. The summed E-state index contributed by atoms with van der Waals surface area (Å²) in [5.41, 5.74) is 3.29. The highest BCUT2D eigenvalue weighted by molar-refractivity contribution is 7.20. The zero-order valence-corrected chi connectivity index (χ0v) is 17.7. The van der Waals surface area contributed by atoms with E-state index in [1.807, 2.05) is 44.2 Å². The lowest BCUT2D eigenvalue weighted by molar-refractivity contribution is 0.0477. The molecule has 156 valence electrons. The summed E-state index contributed by atoms with van der Waals surface area (Å²) >= 11 is 1.24. The van der Waals surface area contributed by atoms with Gasteiger partial charge in [-0.3, -0.25) is 0 Å². The largest absolute Gasteiger partial charge is 0.478 e. The number of aryl methyl sites for hydroxylation is 2. The molecule has 0 bridgehead atoms. The van der Waals surface area contributed by atoms with Crippen LogP contribution < -0.4 is 5.32 Å². The van der Waals surface area contributed by atoms with E-state index in [0.29, 0.717) is 32.2 Å². The van der Waals surface area contributed by atoms with E-state index in [1.165, 1.54) is 17.7 Å². The van der Waals surface area contributed by atoms with Gasteiger partial charge in [0.1, 0.15) is 28.5 Å². The summed E-state index contributed by atoms with van der Waals surface area (Å²) in [6, 6.07) is 14.3. The maximum Gasteiger partial charge on any atom is 0.349 e. The van der Waals surface area contributed by atoms with E-state index in [1.54, 1.807) is 18.2 Å². The van der Waals surface area contributed by atoms with Gasteiger partial charge < -0.3 is 15.2 Å². The molecule has 0 aliphatic rings. The number of nitrogens with one attached hydrogen (secondary N) is 1. The van der Waals surface area contributed by atoms with Crippen molar-refractivity contribution in [2.75, 3.05) is 5.32 Å². The first-order valence-electron chi connectivity index (χ1n) is 9.50. The summed E-state index contributed by atoms with van der Waals surface area (Å²) in [7, 11) is 0. The van der Waals surface area contributed by atoms with Crippen LogP contribution in [0.5, 0.6) is 0 Å². The van der Waals surface area contributed by atoms with Gasteiger partial charge in [0.25, 0.3) is 0 Å². The number of hydrogen-bond acceptors (Lipinski definition) is 7. The molecule has 0 aliphatic heterocycles. The van der Waals surface area contributed by atoms with E-state index in [0.717, 1.165) is 11.1 Å². The molecule has 2 N–H and O–H groups in total. The van der Waals surface area contributed by atoms with Crippen molar-refractivity contribution in [2.45, 2.75) is 20.5 Å². The molecule has 2 heterocycles. The first-order chi connectivity index (χ1) is 14.9. The first-order valence-corrected chi connectivity index (χ1v) is 10.3. The van der Waals surface area contributed by atoms with E-state index < -0.39 is 11.9 Å². The molecular formula is C23H19N3O4S. The average Bonchev–Trinajstić information content (AvgIpc) is 3.11. The van der Waals surface area contributed by atoms with Crippen molar-refractivity contribution in [1.29, 1.82) is 0 Å². The molecule has 0 spiro atoms. The minimum Gasteiger partial charge on any atom is -0.478 e. The molecule has 0 saturated carbocycles. The van der Waals surface area contributed by atoms with Gasteiger partial charge in [0.2, 0.25) is 0 Å². The van der Waals surface area contributed by atoms with E-state index in [9.17, 15) is 14.7 Å². The van der Waals surface area contributed by atoms with Gasteiger partial charge in [-0.05, 0) is 42.7 Å². The zero-order chi connectivity index (χ0) is 22.0. The standard InChI is InChI=1S/C23H19N3O4S/c1-13-8-9-16(22(27)28)10-17(13)26-20-18-14(2)19(31-21(18)25-12-24-20)23(29)30-11-15-6-4-3-5-7-15/h3-10,12H,11H2,1-2H3,(H,27,28)(H,24,25,26). The number of esters is 1. The van der Waals surface area contributed by atoms with Crippen LogP contribution in [-0.2, 0) is 11.3 Å². The molecule has 0 atom stereocenters. The number of rotatable bonds is 6. The third kappa shape index (κ3) is 4.24. The van der Waals surface area contributed by atoms with Crippen LogP contribution >= 0.6 is 11.3 Å². The number of carboxylic acid groups (broad SMARTS) is 1. The van der Waals surface area contributed by atoms with Crippen molar-refractivity contribution >= 4 is 45.0 Å². The molecule has 31 heavy (non-hydrogen) atoms. The van der Waals surface area contributed by atoms with Crippen LogP contribution in [0.3, 0.4) is 0 Å². The van der Waals surface area contributed by atoms with E-state index >= 15 is 0 Å². The number of fused-ring (bicyclic) bond motifs is 1. The molecule has 4 rings (SSSR count). The summed E-state index contributed by atoms with van der Waals surface area (Å²) in [5, 5.41) is 13.2. The van der Waals surface area contributed by atoms with Crippen LogP contribution in [0.2, 0.25) is 0 Å². The Morgan fingerprint density at radius 2 is 1.87 bits per heavy atom. The quantitative estimate of drug-likeness (QED) is 0.408. The number of carboxylic acids is 1. The van der Waals surface area contributed by atoms with Gasteiger partial charge in [0.15, 0.2) is 0 Å². The smallest absolute Gasteiger partial charge is 0.349 e. The van der Waals surface area contributed by atoms with Crippen molar-refractivity contribution in [3.63, 3.8) is 0 Å². The van der Waals surface area contributed by atoms with Gasteiger partial charge in [0, 0.05) is 5.69 Å². The fraction of sp³-hybridized carbons (Fsp3) is 0.130. The summed E-state index contributed by atoms with van der Waals surface area (Å²) in [6.07, 6.45) is 1.41. The number of aromatic carboxylic acids is 1. The lowest BCUT2D eigenvalue weighted by Gasteiger charge is -2.11. The molecule has 0 saturated heterocycles. The normalized spacial score (nSPS) is 10.8. The molecule has 8 heteroatoms. The molecule has 0 fully saturated rings. The van der Waals surface area contributed by atoms with Crippen molar-refractivity contribution in [2.24, 2.45) is 0 Å². The number of ether oxygens (including phenoxy) is 1. The number of anilines is 2. The maximum absolute atomic E-state index is 12.7. The third-order valence-electron chi connectivity index (χ3n) is 4.86. The van der Waals surface area contributed by atoms with Crippen molar-refractivity contribution in [1.82, 2.24) is 9.97 Å². The topological polar surface area (TPSA) is 101 Å². The molecule has 2 aromatic carbocycles. The van der Waals surface area contributed by atoms with E-state index in [2.05, 4.69) is 15.3 Å². The predicted octanol–water partition coefficient (Wildman–Crippen LogP) is 5.11. The van der Waals surface area contributed by atoms with E-state index in [4.69, 9.17) is 4.74 Å². The summed E-state index contributed by atoms with van der Waals surface area (Å²) in [4.78, 5) is 33.8. The van der Waals surface area contributed by atoms with Gasteiger partial charge in [-0.25, -0.2) is 19.6 Å².